The summed E-state index contributed by atoms with van der Waals surface area (Å²) in [6.07, 6.45) is 1.39. The van der Waals surface area contributed by atoms with Gasteiger partial charge in [-0.3, -0.25) is 0 Å². The summed E-state index contributed by atoms with van der Waals surface area (Å²) in [4.78, 5) is 3.92. The van der Waals surface area contributed by atoms with Gasteiger partial charge in [0, 0.05) is 13.2 Å². The van der Waals surface area contributed by atoms with Crippen LogP contribution in [0.5, 0.6) is 0 Å². The van der Waals surface area contributed by atoms with E-state index in [1.165, 1.54) is 6.39 Å². The smallest absolute Gasteiger partial charge is 0.181 e. The molecule has 1 heterocycles. The van der Waals surface area contributed by atoms with E-state index in [0.717, 1.165) is 11.5 Å². The highest BCUT2D eigenvalue weighted by Gasteiger charge is 2.04. The number of rotatable bonds is 4. The molecule has 0 spiro atoms. The first kappa shape index (κ1) is 8.23. The summed E-state index contributed by atoms with van der Waals surface area (Å²) in [5.41, 5.74) is 6.17. The first-order valence-corrected chi connectivity index (χ1v) is 3.57. The molecule has 0 aromatic carbocycles. The Morgan fingerprint density at radius 2 is 2.55 bits per heavy atom. The van der Waals surface area contributed by atoms with Crippen LogP contribution in [0.15, 0.2) is 10.8 Å². The molecule has 0 aliphatic rings. The van der Waals surface area contributed by atoms with Crippen LogP contribution in [0, 0.1) is 0 Å². The van der Waals surface area contributed by atoms with Crippen LogP contribution in [0.4, 0.5) is 0 Å². The molecule has 1 aromatic heterocycles. The third-order valence-electron chi connectivity index (χ3n) is 1.36. The molecule has 62 valence electrons. The molecule has 0 radical (unpaired) electrons. The van der Waals surface area contributed by atoms with Gasteiger partial charge in [-0.25, -0.2) is 4.98 Å². The minimum Gasteiger partial charge on any atom is -0.446 e. The Kier molecular flexibility index (Phi) is 3.07. The monoisotopic (exact) mass is 156 g/mol. The van der Waals surface area contributed by atoms with E-state index >= 15 is 0 Å². The molecular formula is C7H12N2O2. The first-order valence-electron chi connectivity index (χ1n) is 3.57. The zero-order valence-corrected chi connectivity index (χ0v) is 6.54. The number of nitrogens with two attached hydrogens (primary N) is 1. The van der Waals surface area contributed by atoms with Crippen LogP contribution in [-0.4, -0.2) is 11.6 Å². The molecular weight excluding hydrogens is 144 g/mol. The average molecular weight is 156 g/mol. The largest absolute Gasteiger partial charge is 0.446 e. The lowest BCUT2D eigenvalue weighted by Gasteiger charge is -1.97. The van der Waals surface area contributed by atoms with Crippen molar-refractivity contribution in [3.05, 3.63) is 17.8 Å². The maximum atomic E-state index is 5.39. The molecule has 4 nitrogen and oxygen atoms in total. The Balaban J connectivity index is 2.54. The highest BCUT2D eigenvalue weighted by Crippen LogP contribution is 2.06. The van der Waals surface area contributed by atoms with Crippen molar-refractivity contribution in [3.8, 4) is 0 Å². The highest BCUT2D eigenvalue weighted by atomic mass is 16.5. The molecule has 0 bridgehead atoms. The second-order valence-corrected chi connectivity index (χ2v) is 2.06. The zero-order valence-electron chi connectivity index (χ0n) is 6.54. The molecule has 0 saturated carbocycles. The third-order valence-corrected chi connectivity index (χ3v) is 1.36. The van der Waals surface area contributed by atoms with Crippen LogP contribution in [-0.2, 0) is 17.9 Å². The quantitative estimate of drug-likeness (QED) is 0.696. The van der Waals surface area contributed by atoms with Crippen LogP contribution in [0.25, 0.3) is 0 Å². The third kappa shape index (κ3) is 2.03. The summed E-state index contributed by atoms with van der Waals surface area (Å²) in [5, 5.41) is 0. The molecule has 0 aliphatic heterocycles. The van der Waals surface area contributed by atoms with E-state index in [1.807, 2.05) is 6.92 Å². The lowest BCUT2D eigenvalue weighted by atomic mass is 10.3. The van der Waals surface area contributed by atoms with Crippen LogP contribution in [0.1, 0.15) is 18.4 Å². The number of nitrogens with zero attached hydrogens (tertiary/aromatic N) is 1. The van der Waals surface area contributed by atoms with Crippen molar-refractivity contribution in [2.45, 2.75) is 20.1 Å². The van der Waals surface area contributed by atoms with Gasteiger partial charge in [0.05, 0.1) is 5.69 Å². The second-order valence-electron chi connectivity index (χ2n) is 2.06. The summed E-state index contributed by atoms with van der Waals surface area (Å²) in [7, 11) is 0. The van der Waals surface area contributed by atoms with Gasteiger partial charge < -0.3 is 14.9 Å². The van der Waals surface area contributed by atoms with Crippen LogP contribution < -0.4 is 5.73 Å². The molecule has 0 amide bonds. The summed E-state index contributed by atoms with van der Waals surface area (Å²) < 4.78 is 10.2. The summed E-state index contributed by atoms with van der Waals surface area (Å²) in [6.45, 7) is 3.46. The number of oxazole rings is 1. The maximum absolute atomic E-state index is 5.39. The Morgan fingerprint density at radius 1 is 1.73 bits per heavy atom. The van der Waals surface area contributed by atoms with Crippen LogP contribution in [0.2, 0.25) is 0 Å². The van der Waals surface area contributed by atoms with Gasteiger partial charge in [0.25, 0.3) is 0 Å². The van der Waals surface area contributed by atoms with Crippen molar-refractivity contribution in [1.82, 2.24) is 4.98 Å². The Labute approximate surface area is 65.4 Å². The molecule has 0 atom stereocenters. The van der Waals surface area contributed by atoms with Gasteiger partial charge in [-0.05, 0) is 6.92 Å². The molecule has 1 rings (SSSR count). The summed E-state index contributed by atoms with van der Waals surface area (Å²) >= 11 is 0. The zero-order chi connectivity index (χ0) is 8.10. The maximum Gasteiger partial charge on any atom is 0.181 e. The predicted octanol–water partition coefficient (Wildman–Crippen LogP) is 0.670. The normalized spacial score (nSPS) is 10.4. The summed E-state index contributed by atoms with van der Waals surface area (Å²) in [6, 6.07) is 0. The summed E-state index contributed by atoms with van der Waals surface area (Å²) in [5.74, 6) is 0.731. The molecule has 4 heteroatoms. The predicted molar refractivity (Wildman–Crippen MR) is 39.7 cm³/mol. The van der Waals surface area contributed by atoms with Gasteiger partial charge >= 0.3 is 0 Å². The van der Waals surface area contributed by atoms with E-state index in [9.17, 15) is 0 Å². The second kappa shape index (κ2) is 4.10. The fraction of sp³-hybridized carbons (Fsp3) is 0.571. The number of hydrogen-bond acceptors (Lipinski definition) is 4. The van der Waals surface area contributed by atoms with Crippen molar-refractivity contribution >= 4 is 0 Å². The van der Waals surface area contributed by atoms with E-state index in [-0.39, 0.29) is 0 Å². The average Bonchev–Trinajstić information content (AvgIpc) is 2.47. The molecule has 1 aromatic rings. The molecule has 0 saturated heterocycles. The van der Waals surface area contributed by atoms with Gasteiger partial charge in [0.2, 0.25) is 0 Å². The topological polar surface area (TPSA) is 61.3 Å². The van der Waals surface area contributed by atoms with Crippen molar-refractivity contribution < 1.29 is 9.15 Å². The number of aromatic nitrogens is 1. The molecule has 11 heavy (non-hydrogen) atoms. The van der Waals surface area contributed by atoms with Crippen molar-refractivity contribution in [2.24, 2.45) is 5.73 Å². The minimum atomic E-state index is 0.402. The highest BCUT2D eigenvalue weighted by molar-refractivity contribution is 5.04. The van der Waals surface area contributed by atoms with Gasteiger partial charge in [-0.15, -0.1) is 0 Å². The van der Waals surface area contributed by atoms with Gasteiger partial charge in [0.1, 0.15) is 6.61 Å². The SMILES string of the molecule is CCOCc1ocnc1CN. The van der Waals surface area contributed by atoms with Crippen LogP contribution in [0.3, 0.4) is 0 Å². The van der Waals surface area contributed by atoms with Gasteiger partial charge in [0.15, 0.2) is 12.2 Å². The Hall–Kier alpha value is -0.870. The van der Waals surface area contributed by atoms with Gasteiger partial charge in [-0.2, -0.15) is 0 Å². The van der Waals surface area contributed by atoms with E-state index in [4.69, 9.17) is 14.9 Å². The Morgan fingerprint density at radius 3 is 3.18 bits per heavy atom. The fourth-order valence-corrected chi connectivity index (χ4v) is 0.772. The van der Waals surface area contributed by atoms with Crippen molar-refractivity contribution in [3.63, 3.8) is 0 Å². The van der Waals surface area contributed by atoms with E-state index < -0.39 is 0 Å². The number of ether oxygens (including phenoxy) is 1. The minimum absolute atomic E-state index is 0.402. The van der Waals surface area contributed by atoms with Crippen LogP contribution >= 0.6 is 0 Å². The molecule has 0 aliphatic carbocycles. The molecule has 0 unspecified atom stereocenters. The first-order chi connectivity index (χ1) is 5.38. The molecule has 0 fully saturated rings. The number of hydrogen-bond donors (Lipinski definition) is 1. The molecule has 2 N–H and O–H groups in total. The van der Waals surface area contributed by atoms with Gasteiger partial charge in [-0.1, -0.05) is 0 Å². The Bertz CT molecular complexity index is 210. The fourth-order valence-electron chi connectivity index (χ4n) is 0.772. The standard InChI is InChI=1S/C7H12N2O2/c1-2-10-4-7-6(3-8)9-5-11-7/h5H,2-4,8H2,1H3. The van der Waals surface area contributed by atoms with Crippen molar-refractivity contribution in [1.29, 1.82) is 0 Å². The van der Waals surface area contributed by atoms with E-state index in [1.54, 1.807) is 0 Å². The van der Waals surface area contributed by atoms with E-state index in [0.29, 0.717) is 19.8 Å². The lowest BCUT2D eigenvalue weighted by molar-refractivity contribution is 0.117. The van der Waals surface area contributed by atoms with E-state index in [2.05, 4.69) is 4.98 Å². The van der Waals surface area contributed by atoms with Crippen molar-refractivity contribution in [2.75, 3.05) is 6.61 Å². The lowest BCUT2D eigenvalue weighted by Crippen LogP contribution is -2.01.